The van der Waals surface area contributed by atoms with Crippen LogP contribution >= 0.6 is 11.6 Å². The number of hydrogen-bond donors (Lipinski definition) is 1. The van der Waals surface area contributed by atoms with Gasteiger partial charge < -0.3 is 5.32 Å². The van der Waals surface area contributed by atoms with Crippen molar-refractivity contribution in [2.24, 2.45) is 0 Å². The quantitative estimate of drug-likeness (QED) is 0.776. The molecule has 0 amide bonds. The molecule has 1 aromatic rings. The lowest BCUT2D eigenvalue weighted by atomic mass is 9.87. The molecule has 0 aliphatic heterocycles. The molecule has 0 radical (unpaired) electrons. The van der Waals surface area contributed by atoms with E-state index in [0.29, 0.717) is 17.0 Å². The first-order valence-electron chi connectivity index (χ1n) is 7.79. The number of hydrogen-bond acceptors (Lipinski definition) is 2. The highest BCUT2D eigenvalue weighted by Gasteiger charge is 2.33. The van der Waals surface area contributed by atoms with Crippen LogP contribution in [0.5, 0.6) is 0 Å². The Morgan fingerprint density at radius 3 is 2.33 bits per heavy atom. The maximum Gasteiger partial charge on any atom is 0.127 e. The number of halogens is 2. The zero-order valence-corrected chi connectivity index (χ0v) is 14.6. The number of benzene rings is 1. The van der Waals surface area contributed by atoms with E-state index in [0.717, 1.165) is 19.6 Å². The van der Waals surface area contributed by atoms with Crippen LogP contribution in [-0.2, 0) is 6.42 Å². The van der Waals surface area contributed by atoms with Gasteiger partial charge in [-0.25, -0.2) is 4.39 Å². The van der Waals surface area contributed by atoms with Crippen LogP contribution < -0.4 is 5.32 Å². The minimum Gasteiger partial charge on any atom is -0.312 e. The molecule has 1 aromatic carbocycles. The summed E-state index contributed by atoms with van der Waals surface area (Å²) >= 11 is 5.84. The summed E-state index contributed by atoms with van der Waals surface area (Å²) in [6.07, 6.45) is 0.653. The van der Waals surface area contributed by atoms with Crippen molar-refractivity contribution in [1.82, 2.24) is 10.2 Å². The molecule has 0 aliphatic rings. The van der Waals surface area contributed by atoms with Gasteiger partial charge in [0.05, 0.1) is 0 Å². The van der Waals surface area contributed by atoms with Crippen LogP contribution in [-0.4, -0.2) is 36.1 Å². The number of nitrogens with one attached hydrogen (secondary N) is 1. The summed E-state index contributed by atoms with van der Waals surface area (Å²) in [5.41, 5.74) is 0.663. The molecule has 0 aromatic heterocycles. The van der Waals surface area contributed by atoms with Crippen LogP contribution in [0.4, 0.5) is 4.39 Å². The van der Waals surface area contributed by atoms with E-state index in [2.05, 4.69) is 44.8 Å². The lowest BCUT2D eigenvalue weighted by Gasteiger charge is -2.44. The molecule has 120 valence electrons. The molecule has 0 fully saturated rings. The van der Waals surface area contributed by atoms with E-state index >= 15 is 0 Å². The van der Waals surface area contributed by atoms with Crippen molar-refractivity contribution in [3.8, 4) is 0 Å². The molecule has 0 saturated carbocycles. The Balaban J connectivity index is 3.00. The first kappa shape index (κ1) is 18.4. The number of likely N-dealkylation sites (N-methyl/N-ethyl adjacent to an activating group) is 2. The molecule has 1 N–H and O–H groups in total. The second-order valence-electron chi connectivity index (χ2n) is 5.88. The van der Waals surface area contributed by atoms with Crippen molar-refractivity contribution in [1.29, 1.82) is 0 Å². The van der Waals surface area contributed by atoms with Gasteiger partial charge in [-0.1, -0.05) is 38.4 Å². The average molecular weight is 315 g/mol. The van der Waals surface area contributed by atoms with E-state index in [1.807, 2.05) is 0 Å². The van der Waals surface area contributed by atoms with Crippen molar-refractivity contribution < 1.29 is 4.39 Å². The fourth-order valence-electron chi connectivity index (χ4n) is 2.98. The van der Waals surface area contributed by atoms with Crippen LogP contribution in [0.3, 0.4) is 0 Å². The summed E-state index contributed by atoms with van der Waals surface area (Å²) < 4.78 is 14.1. The van der Waals surface area contributed by atoms with Gasteiger partial charge in [0.1, 0.15) is 5.82 Å². The van der Waals surface area contributed by atoms with Gasteiger partial charge in [-0.05, 0) is 57.6 Å². The summed E-state index contributed by atoms with van der Waals surface area (Å²) in [6.45, 7) is 13.7. The highest BCUT2D eigenvalue weighted by atomic mass is 35.5. The summed E-state index contributed by atoms with van der Waals surface area (Å²) in [4.78, 5) is 2.41. The lowest BCUT2D eigenvalue weighted by Crippen LogP contribution is -2.58. The zero-order valence-electron chi connectivity index (χ0n) is 13.8. The number of nitrogens with zero attached hydrogens (tertiary/aromatic N) is 1. The van der Waals surface area contributed by atoms with E-state index in [1.54, 1.807) is 12.1 Å². The van der Waals surface area contributed by atoms with Gasteiger partial charge in [0.25, 0.3) is 0 Å². The predicted octanol–water partition coefficient (Wildman–Crippen LogP) is 4.12. The molecule has 0 saturated heterocycles. The SMILES string of the molecule is CCNC(Cc1ccc(Cl)cc1F)C(C)(C)N(CC)CC. The molecule has 1 rings (SSSR count). The Hall–Kier alpha value is -0.640. The lowest BCUT2D eigenvalue weighted by molar-refractivity contribution is 0.0915. The molecule has 4 heteroatoms. The summed E-state index contributed by atoms with van der Waals surface area (Å²) in [7, 11) is 0. The van der Waals surface area contributed by atoms with Crippen molar-refractivity contribution in [3.05, 3.63) is 34.6 Å². The summed E-state index contributed by atoms with van der Waals surface area (Å²) in [5, 5.41) is 3.96. The highest BCUT2D eigenvalue weighted by Crippen LogP contribution is 2.24. The second kappa shape index (κ2) is 8.11. The molecular formula is C17H28ClFN2. The van der Waals surface area contributed by atoms with Crippen molar-refractivity contribution in [2.45, 2.75) is 52.6 Å². The summed E-state index contributed by atoms with van der Waals surface area (Å²) in [5.74, 6) is -0.222. The molecular weight excluding hydrogens is 287 g/mol. The minimum absolute atomic E-state index is 0.0500. The van der Waals surface area contributed by atoms with Crippen molar-refractivity contribution in [2.75, 3.05) is 19.6 Å². The van der Waals surface area contributed by atoms with Gasteiger partial charge in [-0.2, -0.15) is 0 Å². The second-order valence-corrected chi connectivity index (χ2v) is 6.31. The van der Waals surface area contributed by atoms with Gasteiger partial charge in [0, 0.05) is 16.6 Å². The van der Waals surface area contributed by atoms with E-state index in [9.17, 15) is 4.39 Å². The molecule has 21 heavy (non-hydrogen) atoms. The fourth-order valence-corrected chi connectivity index (χ4v) is 3.14. The molecule has 0 heterocycles. The highest BCUT2D eigenvalue weighted by molar-refractivity contribution is 6.30. The van der Waals surface area contributed by atoms with E-state index in [4.69, 9.17) is 11.6 Å². The maximum absolute atomic E-state index is 14.1. The Bertz CT molecular complexity index is 444. The minimum atomic E-state index is -0.222. The van der Waals surface area contributed by atoms with E-state index in [-0.39, 0.29) is 17.4 Å². The monoisotopic (exact) mass is 314 g/mol. The van der Waals surface area contributed by atoms with Crippen molar-refractivity contribution in [3.63, 3.8) is 0 Å². The molecule has 0 spiro atoms. The topological polar surface area (TPSA) is 15.3 Å². The van der Waals surface area contributed by atoms with Crippen molar-refractivity contribution >= 4 is 11.6 Å². The maximum atomic E-state index is 14.1. The third-order valence-electron chi connectivity index (χ3n) is 4.32. The molecule has 1 unspecified atom stereocenters. The first-order valence-corrected chi connectivity index (χ1v) is 8.16. The van der Waals surface area contributed by atoms with Gasteiger partial charge >= 0.3 is 0 Å². The first-order chi connectivity index (χ1) is 9.86. The van der Waals surface area contributed by atoms with Crippen LogP contribution in [0.15, 0.2) is 18.2 Å². The largest absolute Gasteiger partial charge is 0.312 e. The van der Waals surface area contributed by atoms with Gasteiger partial charge in [-0.3, -0.25) is 4.90 Å². The van der Waals surface area contributed by atoms with Gasteiger partial charge in [-0.15, -0.1) is 0 Å². The van der Waals surface area contributed by atoms with Crippen LogP contribution in [0.25, 0.3) is 0 Å². The predicted molar refractivity (Wildman–Crippen MR) is 89.6 cm³/mol. The molecule has 0 bridgehead atoms. The van der Waals surface area contributed by atoms with Crippen LogP contribution in [0.2, 0.25) is 5.02 Å². The van der Waals surface area contributed by atoms with Gasteiger partial charge in [0.15, 0.2) is 0 Å². The fraction of sp³-hybridized carbons (Fsp3) is 0.647. The Morgan fingerprint density at radius 1 is 1.24 bits per heavy atom. The van der Waals surface area contributed by atoms with E-state index in [1.165, 1.54) is 6.07 Å². The van der Waals surface area contributed by atoms with Gasteiger partial charge in [0.2, 0.25) is 0 Å². The molecule has 2 nitrogen and oxygen atoms in total. The number of rotatable bonds is 8. The Kier molecular flexibility index (Phi) is 7.11. The standard InChI is InChI=1S/C17H28ClFN2/c1-6-20-16(17(4,5)21(7-2)8-3)11-13-9-10-14(18)12-15(13)19/h9-10,12,16,20H,6-8,11H2,1-5H3. The molecule has 0 aliphatic carbocycles. The Labute approximate surface area is 133 Å². The third-order valence-corrected chi connectivity index (χ3v) is 4.56. The smallest absolute Gasteiger partial charge is 0.127 e. The zero-order chi connectivity index (χ0) is 16.0. The third kappa shape index (κ3) is 4.67. The average Bonchev–Trinajstić information content (AvgIpc) is 2.42. The van der Waals surface area contributed by atoms with Crippen LogP contribution in [0, 0.1) is 5.82 Å². The molecule has 1 atom stereocenters. The van der Waals surface area contributed by atoms with Crippen LogP contribution in [0.1, 0.15) is 40.2 Å². The summed E-state index contributed by atoms with van der Waals surface area (Å²) in [6, 6.07) is 5.12. The Morgan fingerprint density at radius 2 is 1.86 bits per heavy atom. The van der Waals surface area contributed by atoms with E-state index < -0.39 is 0 Å². The normalized spacial score (nSPS) is 13.7.